The third-order valence-corrected chi connectivity index (χ3v) is 2.71. The average Bonchev–Trinajstić information content (AvgIpc) is 2.93. The van der Waals surface area contributed by atoms with Crippen LogP contribution in [0.1, 0.15) is 27.7 Å². The summed E-state index contributed by atoms with van der Waals surface area (Å²) in [5, 5.41) is 0. The molecule has 0 nitrogen and oxygen atoms in total. The van der Waals surface area contributed by atoms with Gasteiger partial charge in [0.05, 0.1) is 0 Å². The quantitative estimate of drug-likeness (QED) is 0.664. The monoisotopic (exact) mass is 272 g/mol. The van der Waals surface area contributed by atoms with E-state index in [9.17, 15) is 0 Å². The maximum atomic E-state index is 2.20. The normalized spacial score (nSPS) is 21.5. The second-order valence-corrected chi connectivity index (χ2v) is 4.75. The van der Waals surface area contributed by atoms with Crippen molar-refractivity contribution >= 4 is 0 Å². The van der Waals surface area contributed by atoms with Crippen LogP contribution in [0, 0.1) is 75.0 Å². The van der Waals surface area contributed by atoms with Gasteiger partial charge in [-0.15, -0.1) is 0 Å². The minimum atomic E-state index is 0. The molecule has 2 fully saturated rings. The van der Waals surface area contributed by atoms with E-state index in [0.717, 1.165) is 0 Å². The Morgan fingerprint density at radius 2 is 0.824 bits per heavy atom. The Morgan fingerprint density at radius 1 is 0.588 bits per heavy atom. The standard InChI is InChI=1S/2C8H11.Ni/c2*1-7(2)8-5-3-4-6-8;/h2*3-7H,1-2H3;. The average molecular weight is 273 g/mol. The van der Waals surface area contributed by atoms with Crippen molar-refractivity contribution in [1.82, 2.24) is 0 Å². The fourth-order valence-corrected chi connectivity index (χ4v) is 1.55. The molecule has 0 spiro atoms. The van der Waals surface area contributed by atoms with Crippen molar-refractivity contribution in [2.75, 3.05) is 0 Å². The maximum Gasteiger partial charge on any atom is 0 e. The molecule has 17 heavy (non-hydrogen) atoms. The van der Waals surface area contributed by atoms with Crippen LogP contribution in [0.3, 0.4) is 0 Å². The summed E-state index contributed by atoms with van der Waals surface area (Å²) in [5.41, 5.74) is 0. The van der Waals surface area contributed by atoms with Crippen molar-refractivity contribution in [3.63, 3.8) is 0 Å². The summed E-state index contributed by atoms with van der Waals surface area (Å²) in [6.45, 7) is 8.81. The first kappa shape index (κ1) is 17.5. The molecule has 2 aliphatic carbocycles. The Hall–Kier alpha value is 0.494. The molecule has 10 radical (unpaired) electrons. The van der Waals surface area contributed by atoms with Gasteiger partial charge in [-0.2, -0.15) is 0 Å². The van der Waals surface area contributed by atoms with Crippen molar-refractivity contribution in [1.29, 1.82) is 0 Å². The van der Waals surface area contributed by atoms with E-state index >= 15 is 0 Å². The van der Waals surface area contributed by atoms with Crippen LogP contribution in [0.15, 0.2) is 0 Å². The van der Waals surface area contributed by atoms with E-state index in [-0.39, 0.29) is 16.5 Å². The summed E-state index contributed by atoms with van der Waals surface area (Å²) >= 11 is 0. The van der Waals surface area contributed by atoms with Crippen LogP contribution >= 0.6 is 0 Å². The van der Waals surface area contributed by atoms with Gasteiger partial charge in [0.2, 0.25) is 0 Å². The van der Waals surface area contributed by atoms with Crippen LogP contribution < -0.4 is 0 Å². The second-order valence-electron chi connectivity index (χ2n) is 4.75. The molecule has 0 unspecified atom stereocenters. The minimum Gasteiger partial charge on any atom is -0.0622 e. The molecule has 0 amide bonds. The number of rotatable bonds is 2. The zero-order valence-electron chi connectivity index (χ0n) is 11.1. The Bertz CT molecular complexity index is 142. The molecule has 2 rings (SSSR count). The molecule has 0 heterocycles. The van der Waals surface area contributed by atoms with Crippen molar-refractivity contribution in [2.45, 2.75) is 27.7 Å². The van der Waals surface area contributed by atoms with Crippen LogP contribution in [0.2, 0.25) is 0 Å². The molecule has 96 valence electrons. The SMILES string of the molecule is CC(C)[C]1[CH][CH][CH][CH]1.CC(C)[C]1[CH][CH][CH][CH]1.[Ni]. The van der Waals surface area contributed by atoms with Crippen LogP contribution in [0.25, 0.3) is 0 Å². The fourth-order valence-electron chi connectivity index (χ4n) is 1.55. The van der Waals surface area contributed by atoms with Gasteiger partial charge in [-0.3, -0.25) is 0 Å². The second kappa shape index (κ2) is 9.43. The van der Waals surface area contributed by atoms with E-state index in [1.54, 1.807) is 0 Å². The molecular formula is C16H22Ni. The van der Waals surface area contributed by atoms with Gasteiger partial charge in [0.15, 0.2) is 0 Å². The molecule has 0 saturated heterocycles. The van der Waals surface area contributed by atoms with Crippen LogP contribution in [0.5, 0.6) is 0 Å². The Balaban J connectivity index is 0.000000284. The summed E-state index contributed by atoms with van der Waals surface area (Å²) < 4.78 is 0. The molecule has 0 bridgehead atoms. The first-order valence-electron chi connectivity index (χ1n) is 6.04. The zero-order valence-corrected chi connectivity index (χ0v) is 12.1. The summed E-state index contributed by atoms with van der Waals surface area (Å²) in [6.07, 6.45) is 16.9. The third kappa shape index (κ3) is 6.85. The topological polar surface area (TPSA) is 0 Å². The van der Waals surface area contributed by atoms with Gasteiger partial charge in [-0.05, 0) is 75.0 Å². The molecule has 0 N–H and O–H groups in total. The smallest absolute Gasteiger partial charge is 0 e. The van der Waals surface area contributed by atoms with Crippen LogP contribution in [-0.4, -0.2) is 0 Å². The van der Waals surface area contributed by atoms with Gasteiger partial charge in [0, 0.05) is 16.5 Å². The molecule has 0 aromatic heterocycles. The molecule has 0 atom stereocenters. The van der Waals surface area contributed by atoms with Gasteiger partial charge in [-0.1, -0.05) is 27.7 Å². The van der Waals surface area contributed by atoms with Crippen LogP contribution in [0.4, 0.5) is 0 Å². The molecule has 2 aliphatic rings. The Kier molecular flexibility index (Phi) is 9.70. The van der Waals surface area contributed by atoms with Gasteiger partial charge in [-0.25, -0.2) is 0 Å². The number of hydrogen-bond acceptors (Lipinski definition) is 0. The Morgan fingerprint density at radius 3 is 0.941 bits per heavy atom. The van der Waals surface area contributed by atoms with Crippen molar-refractivity contribution in [3.8, 4) is 0 Å². The Labute approximate surface area is 119 Å². The van der Waals surface area contributed by atoms with Gasteiger partial charge >= 0.3 is 0 Å². The molecule has 0 aliphatic heterocycles. The predicted molar refractivity (Wildman–Crippen MR) is 70.6 cm³/mol. The fraction of sp³-hybridized carbons (Fsp3) is 0.375. The first-order chi connectivity index (χ1) is 7.61. The van der Waals surface area contributed by atoms with Crippen LogP contribution in [-0.2, 0) is 16.5 Å². The summed E-state index contributed by atoms with van der Waals surface area (Å²) in [6, 6.07) is 0. The van der Waals surface area contributed by atoms with Crippen molar-refractivity contribution in [2.24, 2.45) is 11.8 Å². The van der Waals surface area contributed by atoms with Crippen molar-refractivity contribution < 1.29 is 16.5 Å². The number of hydrogen-bond donors (Lipinski definition) is 0. The zero-order chi connectivity index (χ0) is 12.0. The van der Waals surface area contributed by atoms with Gasteiger partial charge in [0.1, 0.15) is 0 Å². The minimum absolute atomic E-state index is 0. The van der Waals surface area contributed by atoms with E-state index in [1.807, 2.05) is 0 Å². The van der Waals surface area contributed by atoms with E-state index in [1.165, 1.54) is 11.8 Å². The third-order valence-electron chi connectivity index (χ3n) is 2.71. The largest absolute Gasteiger partial charge is 0.0622 e. The molecule has 0 aromatic carbocycles. The first-order valence-corrected chi connectivity index (χ1v) is 6.04. The summed E-state index contributed by atoms with van der Waals surface area (Å²) in [5.74, 6) is 4.24. The van der Waals surface area contributed by atoms with Gasteiger partial charge < -0.3 is 0 Å². The predicted octanol–water partition coefficient (Wildman–Crippen LogP) is 4.09. The maximum absolute atomic E-state index is 2.20. The van der Waals surface area contributed by atoms with E-state index < -0.39 is 0 Å². The molecule has 0 aromatic rings. The van der Waals surface area contributed by atoms with E-state index in [4.69, 9.17) is 0 Å². The summed E-state index contributed by atoms with van der Waals surface area (Å²) in [7, 11) is 0. The summed E-state index contributed by atoms with van der Waals surface area (Å²) in [4.78, 5) is 0. The van der Waals surface area contributed by atoms with Gasteiger partial charge in [0.25, 0.3) is 0 Å². The van der Waals surface area contributed by atoms with Crippen molar-refractivity contribution in [3.05, 3.63) is 63.2 Å². The molecular weight excluding hydrogens is 251 g/mol. The van der Waals surface area contributed by atoms with E-state index in [2.05, 4.69) is 79.1 Å². The molecule has 1 heteroatoms. The molecule has 2 saturated carbocycles. The van der Waals surface area contributed by atoms with E-state index in [0.29, 0.717) is 11.8 Å².